The molecule has 1 atom stereocenters. The van der Waals surface area contributed by atoms with Gasteiger partial charge in [-0.1, -0.05) is 5.16 Å². The van der Waals surface area contributed by atoms with Crippen molar-refractivity contribution in [2.75, 3.05) is 26.3 Å². The average molecular weight is 435 g/mol. The highest BCUT2D eigenvalue weighted by Crippen LogP contribution is 2.39. The van der Waals surface area contributed by atoms with E-state index in [4.69, 9.17) is 9.26 Å². The van der Waals surface area contributed by atoms with Gasteiger partial charge in [0.15, 0.2) is 5.82 Å². The van der Waals surface area contributed by atoms with Crippen molar-refractivity contribution in [2.45, 2.75) is 49.2 Å². The van der Waals surface area contributed by atoms with E-state index in [1.165, 1.54) is 6.92 Å². The summed E-state index contributed by atoms with van der Waals surface area (Å²) in [5.74, 6) is 0.126. The molecule has 0 aromatic carbocycles. The first-order chi connectivity index (χ1) is 13.7. The summed E-state index contributed by atoms with van der Waals surface area (Å²) in [6, 6.07) is 0. The summed E-state index contributed by atoms with van der Waals surface area (Å²) in [5, 5.41) is 7.28. The normalized spacial score (nSPS) is 24.6. The van der Waals surface area contributed by atoms with Crippen molar-refractivity contribution in [3.8, 4) is 0 Å². The van der Waals surface area contributed by atoms with Gasteiger partial charge in [-0.3, -0.25) is 0 Å². The Morgan fingerprint density at radius 1 is 1.31 bits per heavy atom. The summed E-state index contributed by atoms with van der Waals surface area (Å²) in [6.07, 6.45) is 2.08. The summed E-state index contributed by atoms with van der Waals surface area (Å²) < 4.78 is 78.6. The maximum absolute atomic E-state index is 15.5. The lowest BCUT2D eigenvalue weighted by Crippen LogP contribution is -2.32. The summed E-state index contributed by atoms with van der Waals surface area (Å²) in [7, 11) is -4.20. The molecule has 9 nitrogen and oxygen atoms in total. The van der Waals surface area contributed by atoms with Crippen molar-refractivity contribution in [3.05, 3.63) is 23.6 Å². The molecule has 2 aromatic heterocycles. The lowest BCUT2D eigenvalue weighted by molar-refractivity contribution is 0.0541. The Labute approximate surface area is 164 Å². The van der Waals surface area contributed by atoms with Crippen molar-refractivity contribution < 1.29 is 30.8 Å². The number of rotatable bonds is 5. The molecule has 4 heterocycles. The van der Waals surface area contributed by atoms with Gasteiger partial charge >= 0.3 is 6.55 Å². The van der Waals surface area contributed by atoms with E-state index in [1.807, 2.05) is 0 Å². The molecule has 0 radical (unpaired) electrons. The summed E-state index contributed by atoms with van der Waals surface area (Å²) in [4.78, 5) is 3.80. The number of ether oxygens (including phenoxy) is 1. The minimum Gasteiger partial charge on any atom is -0.381 e. The van der Waals surface area contributed by atoms with Gasteiger partial charge in [0.2, 0.25) is 15.7 Å². The van der Waals surface area contributed by atoms with E-state index in [0.717, 1.165) is 10.5 Å². The van der Waals surface area contributed by atoms with E-state index < -0.39 is 28.8 Å². The van der Waals surface area contributed by atoms with Gasteiger partial charge in [-0.15, -0.1) is 0 Å². The topological polar surface area (TPSA) is 103 Å². The van der Waals surface area contributed by atoms with Crippen LogP contribution in [0.1, 0.15) is 49.1 Å². The number of nitrogens with zero attached hydrogens (tertiary/aromatic N) is 5. The minimum absolute atomic E-state index is 0.00826. The number of aromatic nitrogens is 4. The van der Waals surface area contributed by atoms with E-state index >= 15 is 4.39 Å². The molecule has 0 aliphatic carbocycles. The number of hydrogen-bond donors (Lipinski definition) is 0. The molecule has 1 unspecified atom stereocenters. The molecule has 0 bridgehead atoms. The number of hydrogen-bond acceptors (Lipinski definition) is 7. The third-order valence-corrected chi connectivity index (χ3v) is 7.35. The van der Waals surface area contributed by atoms with Crippen LogP contribution in [0.25, 0.3) is 0 Å². The molecule has 4 rings (SSSR count). The second-order valence-corrected chi connectivity index (χ2v) is 9.12. The molecule has 0 saturated carbocycles. The lowest BCUT2D eigenvalue weighted by Gasteiger charge is -2.19. The van der Waals surface area contributed by atoms with Gasteiger partial charge in [0.05, 0.1) is 18.4 Å². The standard InChI is InChI=1S/C16H20F3N5O4S/c1-10-12(8-20-24(10)15(17)18)29(25,26)23-5-4-16(19,9-23)14-21-13(22-28-14)11-2-6-27-7-3-11/h8,11,15H,2-7,9H2,1H3. The number of sulfonamides is 1. The Morgan fingerprint density at radius 2 is 2.03 bits per heavy atom. The van der Waals surface area contributed by atoms with Crippen molar-refractivity contribution in [1.82, 2.24) is 24.2 Å². The van der Waals surface area contributed by atoms with Crippen molar-refractivity contribution in [3.63, 3.8) is 0 Å². The highest BCUT2D eigenvalue weighted by molar-refractivity contribution is 7.89. The second-order valence-electron chi connectivity index (χ2n) is 7.21. The quantitative estimate of drug-likeness (QED) is 0.709. The Morgan fingerprint density at radius 3 is 2.69 bits per heavy atom. The molecule has 0 spiro atoms. The Bertz CT molecular complexity index is 989. The molecule has 13 heteroatoms. The zero-order valence-electron chi connectivity index (χ0n) is 15.6. The summed E-state index contributed by atoms with van der Waals surface area (Å²) >= 11 is 0. The van der Waals surface area contributed by atoms with Crippen LogP contribution in [-0.2, 0) is 20.4 Å². The molecule has 160 valence electrons. The van der Waals surface area contributed by atoms with Crippen molar-refractivity contribution in [1.29, 1.82) is 0 Å². The van der Waals surface area contributed by atoms with Crippen LogP contribution in [0.2, 0.25) is 0 Å². The fourth-order valence-corrected chi connectivity index (χ4v) is 5.29. The minimum atomic E-state index is -4.20. The predicted octanol–water partition coefficient (Wildman–Crippen LogP) is 2.12. The van der Waals surface area contributed by atoms with E-state index in [9.17, 15) is 17.2 Å². The highest BCUT2D eigenvalue weighted by atomic mass is 32.2. The molecular weight excluding hydrogens is 415 g/mol. The molecule has 2 saturated heterocycles. The van der Waals surface area contributed by atoms with Crippen LogP contribution in [0.4, 0.5) is 13.2 Å². The second kappa shape index (κ2) is 7.36. The maximum atomic E-state index is 15.5. The molecule has 0 amide bonds. The van der Waals surface area contributed by atoms with Crippen molar-refractivity contribution >= 4 is 10.0 Å². The molecular formula is C16H20F3N5O4S. The third kappa shape index (κ3) is 3.55. The fraction of sp³-hybridized carbons (Fsp3) is 0.688. The maximum Gasteiger partial charge on any atom is 0.333 e. The van der Waals surface area contributed by atoms with E-state index in [2.05, 4.69) is 15.2 Å². The predicted molar refractivity (Wildman–Crippen MR) is 91.5 cm³/mol. The van der Waals surface area contributed by atoms with Crippen LogP contribution in [0.5, 0.6) is 0 Å². The molecule has 2 aliphatic heterocycles. The molecule has 2 aromatic rings. The average Bonchev–Trinajstić information content (AvgIpc) is 3.41. The Balaban J connectivity index is 1.54. The largest absolute Gasteiger partial charge is 0.381 e. The molecule has 0 N–H and O–H groups in total. The monoisotopic (exact) mass is 435 g/mol. The first-order valence-corrected chi connectivity index (χ1v) is 10.6. The van der Waals surface area contributed by atoms with Gasteiger partial charge in [-0.05, 0) is 19.8 Å². The molecule has 2 aliphatic rings. The zero-order chi connectivity index (χ0) is 20.8. The van der Waals surface area contributed by atoms with Gasteiger partial charge < -0.3 is 9.26 Å². The Hall–Kier alpha value is -1.99. The zero-order valence-corrected chi connectivity index (χ0v) is 16.4. The summed E-state index contributed by atoms with van der Waals surface area (Å²) in [6.45, 7) is -1.31. The molecule has 29 heavy (non-hydrogen) atoms. The third-order valence-electron chi connectivity index (χ3n) is 5.40. The van der Waals surface area contributed by atoms with Crippen LogP contribution in [0, 0.1) is 6.92 Å². The summed E-state index contributed by atoms with van der Waals surface area (Å²) in [5.41, 5.74) is -2.35. The molecule has 2 fully saturated rings. The highest BCUT2D eigenvalue weighted by Gasteiger charge is 2.49. The smallest absolute Gasteiger partial charge is 0.333 e. The number of halogens is 3. The van der Waals surface area contributed by atoms with E-state index in [0.29, 0.717) is 36.6 Å². The SMILES string of the molecule is Cc1c(S(=O)(=O)N2CCC(F)(c3nc(C4CCOCC4)no3)C2)cnn1C(F)F. The van der Waals surface area contributed by atoms with Gasteiger partial charge in [-0.2, -0.15) is 23.2 Å². The first kappa shape index (κ1) is 20.3. The first-order valence-electron chi connectivity index (χ1n) is 9.15. The number of alkyl halides is 3. The van der Waals surface area contributed by atoms with E-state index in [1.54, 1.807) is 0 Å². The van der Waals surface area contributed by atoms with Crippen LogP contribution in [0.3, 0.4) is 0 Å². The Kier molecular flexibility index (Phi) is 5.15. The van der Waals surface area contributed by atoms with Crippen LogP contribution in [0.15, 0.2) is 15.6 Å². The van der Waals surface area contributed by atoms with Gasteiger partial charge in [0.25, 0.3) is 5.89 Å². The van der Waals surface area contributed by atoms with Crippen LogP contribution in [-0.4, -0.2) is 58.9 Å². The van der Waals surface area contributed by atoms with Crippen LogP contribution < -0.4 is 0 Å². The van der Waals surface area contributed by atoms with Gasteiger partial charge in [-0.25, -0.2) is 17.5 Å². The van der Waals surface area contributed by atoms with Crippen LogP contribution >= 0.6 is 0 Å². The fourth-order valence-electron chi connectivity index (χ4n) is 3.65. The van der Waals surface area contributed by atoms with Gasteiger partial charge in [0.1, 0.15) is 4.90 Å². The van der Waals surface area contributed by atoms with E-state index in [-0.39, 0.29) is 35.4 Å². The van der Waals surface area contributed by atoms with Crippen molar-refractivity contribution in [2.24, 2.45) is 0 Å². The van der Waals surface area contributed by atoms with Gasteiger partial charge in [0, 0.05) is 32.1 Å². The lowest BCUT2D eigenvalue weighted by atomic mass is 9.99.